The Morgan fingerprint density at radius 3 is 2.58 bits per heavy atom. The first-order chi connectivity index (χ1) is 14.8. The first kappa shape index (κ1) is 21.5. The van der Waals surface area contributed by atoms with Crippen molar-refractivity contribution in [1.29, 1.82) is 0 Å². The molecule has 0 spiro atoms. The maximum Gasteiger partial charge on any atom is 0.311 e. The molecule has 0 unspecified atom stereocenters. The molecule has 3 heterocycles. The SMILES string of the molecule is CN(C)c1ccc(CNS(=O)(=O)c2cc(-c3nnc(C(=O)N4CCCC4)o3)cs2)cc1. The van der Waals surface area contributed by atoms with Crippen molar-refractivity contribution in [3.63, 3.8) is 0 Å². The molecule has 0 saturated carbocycles. The number of sulfonamides is 1. The van der Waals surface area contributed by atoms with Gasteiger partial charge in [0.1, 0.15) is 4.21 Å². The maximum atomic E-state index is 12.7. The number of benzene rings is 1. The van der Waals surface area contributed by atoms with Gasteiger partial charge in [-0.1, -0.05) is 12.1 Å². The lowest BCUT2D eigenvalue weighted by atomic mass is 10.2. The first-order valence-electron chi connectivity index (χ1n) is 9.81. The first-order valence-corrected chi connectivity index (χ1v) is 12.2. The molecule has 31 heavy (non-hydrogen) atoms. The number of hydrogen-bond donors (Lipinski definition) is 1. The summed E-state index contributed by atoms with van der Waals surface area (Å²) in [5.74, 6) is -0.243. The van der Waals surface area contributed by atoms with Gasteiger partial charge in [-0.2, -0.15) is 0 Å². The van der Waals surface area contributed by atoms with E-state index in [1.165, 1.54) is 6.07 Å². The van der Waals surface area contributed by atoms with Crippen LogP contribution in [0.1, 0.15) is 29.1 Å². The molecule has 2 aromatic heterocycles. The van der Waals surface area contributed by atoms with Crippen LogP contribution in [0.2, 0.25) is 0 Å². The van der Waals surface area contributed by atoms with Crippen LogP contribution in [0.3, 0.4) is 0 Å². The number of rotatable bonds is 7. The van der Waals surface area contributed by atoms with Crippen LogP contribution < -0.4 is 9.62 Å². The number of nitrogens with zero attached hydrogens (tertiary/aromatic N) is 4. The van der Waals surface area contributed by atoms with Crippen molar-refractivity contribution in [1.82, 2.24) is 19.8 Å². The third kappa shape index (κ3) is 4.78. The van der Waals surface area contributed by atoms with Crippen molar-refractivity contribution in [3.05, 3.63) is 47.2 Å². The standard InChI is InChI=1S/C20H23N5O4S2/c1-24(2)16-7-5-14(6-8-16)12-21-31(27,28)17-11-15(13-30-17)18-22-23-19(29-18)20(26)25-9-3-4-10-25/h5-8,11,13,21H,3-4,9-10,12H2,1-2H3. The maximum absolute atomic E-state index is 12.7. The fourth-order valence-electron chi connectivity index (χ4n) is 3.21. The summed E-state index contributed by atoms with van der Waals surface area (Å²) in [5.41, 5.74) is 2.36. The number of aromatic nitrogens is 2. The van der Waals surface area contributed by atoms with Crippen molar-refractivity contribution in [2.45, 2.75) is 23.6 Å². The van der Waals surface area contributed by atoms with Gasteiger partial charge < -0.3 is 14.2 Å². The van der Waals surface area contributed by atoms with E-state index in [2.05, 4.69) is 14.9 Å². The van der Waals surface area contributed by atoms with Gasteiger partial charge in [0.05, 0.1) is 5.56 Å². The summed E-state index contributed by atoms with van der Waals surface area (Å²) in [6.45, 7) is 1.54. The lowest BCUT2D eigenvalue weighted by molar-refractivity contribution is 0.0754. The normalized spacial score (nSPS) is 14.2. The molecule has 1 aromatic carbocycles. The second-order valence-corrected chi connectivity index (χ2v) is 10.4. The second kappa shape index (κ2) is 8.77. The van der Waals surface area contributed by atoms with Crippen molar-refractivity contribution < 1.29 is 17.6 Å². The van der Waals surface area contributed by atoms with Crippen molar-refractivity contribution >= 4 is 33.0 Å². The molecular formula is C20H23N5O4S2. The zero-order valence-electron chi connectivity index (χ0n) is 17.2. The van der Waals surface area contributed by atoms with Gasteiger partial charge in [-0.3, -0.25) is 4.79 Å². The zero-order valence-corrected chi connectivity index (χ0v) is 18.9. The number of likely N-dealkylation sites (tertiary alicyclic amines) is 1. The molecule has 3 aromatic rings. The molecule has 1 aliphatic rings. The second-order valence-electron chi connectivity index (χ2n) is 7.45. The van der Waals surface area contributed by atoms with E-state index in [0.29, 0.717) is 18.7 Å². The van der Waals surface area contributed by atoms with Crippen LogP contribution in [0.4, 0.5) is 5.69 Å². The van der Waals surface area contributed by atoms with E-state index in [9.17, 15) is 13.2 Å². The van der Waals surface area contributed by atoms with E-state index in [4.69, 9.17) is 4.42 Å². The van der Waals surface area contributed by atoms with Gasteiger partial charge in [-0.05, 0) is 36.6 Å². The zero-order chi connectivity index (χ0) is 22.0. The summed E-state index contributed by atoms with van der Waals surface area (Å²) in [5, 5.41) is 9.37. The highest BCUT2D eigenvalue weighted by Gasteiger charge is 2.25. The van der Waals surface area contributed by atoms with Gasteiger partial charge in [0, 0.05) is 44.8 Å². The predicted octanol–water partition coefficient (Wildman–Crippen LogP) is 2.58. The van der Waals surface area contributed by atoms with Crippen LogP contribution in [-0.4, -0.2) is 56.6 Å². The summed E-state index contributed by atoms with van der Waals surface area (Å²) in [4.78, 5) is 16.0. The highest BCUT2D eigenvalue weighted by atomic mass is 32.2. The highest BCUT2D eigenvalue weighted by molar-refractivity contribution is 7.91. The van der Waals surface area contributed by atoms with E-state index < -0.39 is 10.0 Å². The molecule has 1 N–H and O–H groups in total. The van der Waals surface area contributed by atoms with E-state index in [0.717, 1.165) is 35.4 Å². The van der Waals surface area contributed by atoms with Gasteiger partial charge >= 0.3 is 11.8 Å². The molecule has 1 amide bonds. The lowest BCUT2D eigenvalue weighted by Gasteiger charge is -2.12. The third-order valence-corrected chi connectivity index (χ3v) is 7.85. The van der Waals surface area contributed by atoms with Crippen LogP contribution in [0, 0.1) is 0 Å². The topological polar surface area (TPSA) is 109 Å². The average molecular weight is 462 g/mol. The molecule has 0 atom stereocenters. The van der Waals surface area contributed by atoms with Gasteiger partial charge in [-0.25, -0.2) is 13.1 Å². The van der Waals surface area contributed by atoms with Gasteiger partial charge in [0.2, 0.25) is 15.9 Å². The lowest BCUT2D eigenvalue weighted by Crippen LogP contribution is -2.27. The largest absolute Gasteiger partial charge is 0.412 e. The van der Waals surface area contributed by atoms with Gasteiger partial charge in [0.25, 0.3) is 0 Å². The van der Waals surface area contributed by atoms with Crippen molar-refractivity contribution in [3.8, 4) is 11.5 Å². The molecule has 1 fully saturated rings. The Kier molecular flexibility index (Phi) is 6.08. The Hall–Kier alpha value is -2.76. The van der Waals surface area contributed by atoms with Crippen LogP contribution in [0.5, 0.6) is 0 Å². The molecule has 164 valence electrons. The molecule has 1 saturated heterocycles. The summed E-state index contributed by atoms with van der Waals surface area (Å²) < 4.78 is 33.6. The minimum absolute atomic E-state index is 0.0770. The van der Waals surface area contributed by atoms with Crippen LogP contribution in [0.25, 0.3) is 11.5 Å². The summed E-state index contributed by atoms with van der Waals surface area (Å²) in [6.07, 6.45) is 1.93. The fraction of sp³-hybridized carbons (Fsp3) is 0.350. The Morgan fingerprint density at radius 2 is 1.90 bits per heavy atom. The van der Waals surface area contributed by atoms with Gasteiger partial charge in [0.15, 0.2) is 0 Å². The average Bonchev–Trinajstić information content (AvgIpc) is 3.53. The monoisotopic (exact) mass is 461 g/mol. The summed E-state index contributed by atoms with van der Waals surface area (Å²) in [7, 11) is 0.189. The smallest absolute Gasteiger partial charge is 0.311 e. The van der Waals surface area contributed by atoms with E-state index in [-0.39, 0.29) is 28.4 Å². The number of anilines is 1. The predicted molar refractivity (Wildman–Crippen MR) is 118 cm³/mol. The Labute approximate surface area is 184 Å². The number of thiophene rings is 1. The number of carbonyl (C=O) groups excluding carboxylic acids is 1. The molecule has 4 rings (SSSR count). The minimum atomic E-state index is -3.70. The number of hydrogen-bond acceptors (Lipinski definition) is 8. The fourth-order valence-corrected chi connectivity index (χ4v) is 5.43. The molecule has 9 nitrogen and oxygen atoms in total. The van der Waals surface area contributed by atoms with Crippen LogP contribution in [0.15, 0.2) is 44.3 Å². The molecular weight excluding hydrogens is 438 g/mol. The number of carbonyl (C=O) groups is 1. The van der Waals surface area contributed by atoms with E-state index in [1.807, 2.05) is 43.3 Å². The number of nitrogens with one attached hydrogen (secondary N) is 1. The van der Waals surface area contributed by atoms with Crippen LogP contribution >= 0.6 is 11.3 Å². The summed E-state index contributed by atoms with van der Waals surface area (Å²) in [6, 6.07) is 9.11. The number of amides is 1. The molecule has 0 radical (unpaired) electrons. The van der Waals surface area contributed by atoms with E-state index >= 15 is 0 Å². The third-order valence-electron chi connectivity index (χ3n) is 5.01. The highest BCUT2D eigenvalue weighted by Crippen LogP contribution is 2.28. The van der Waals surface area contributed by atoms with Crippen LogP contribution in [-0.2, 0) is 16.6 Å². The van der Waals surface area contributed by atoms with Crippen molar-refractivity contribution in [2.75, 3.05) is 32.1 Å². The quantitative estimate of drug-likeness (QED) is 0.576. The molecule has 11 heteroatoms. The Morgan fingerprint density at radius 1 is 1.19 bits per heavy atom. The van der Waals surface area contributed by atoms with E-state index in [1.54, 1.807) is 10.3 Å². The van der Waals surface area contributed by atoms with Gasteiger partial charge in [-0.15, -0.1) is 21.5 Å². The molecule has 1 aliphatic heterocycles. The summed E-state index contributed by atoms with van der Waals surface area (Å²) >= 11 is 1.06. The molecule has 0 bridgehead atoms. The molecule has 0 aliphatic carbocycles. The Bertz CT molecular complexity index is 1160. The van der Waals surface area contributed by atoms with Crippen molar-refractivity contribution in [2.24, 2.45) is 0 Å². The minimum Gasteiger partial charge on any atom is -0.412 e. The Balaban J connectivity index is 1.43.